The van der Waals surface area contributed by atoms with E-state index in [-0.39, 0.29) is 31.0 Å². The van der Waals surface area contributed by atoms with Crippen LogP contribution in [0, 0.1) is 9.81 Å². The molecule has 0 fully saturated rings. The Bertz CT molecular complexity index is 761. The van der Waals surface area contributed by atoms with Crippen LogP contribution in [0.1, 0.15) is 26.7 Å². The Morgan fingerprint density at radius 2 is 1.50 bits per heavy atom. The minimum Gasteiger partial charge on any atom is -0.508 e. The third-order valence-corrected chi connectivity index (χ3v) is 4.03. The predicted octanol–water partition coefficient (Wildman–Crippen LogP) is 4.76. The van der Waals surface area contributed by atoms with Crippen molar-refractivity contribution in [3.8, 4) is 0 Å². The van der Waals surface area contributed by atoms with Crippen LogP contribution < -0.4 is 0 Å². The fraction of sp³-hybridized carbons (Fsp3) is 0.364. The zero-order valence-corrected chi connectivity index (χ0v) is 17.5. The molecule has 0 aliphatic heterocycles. The van der Waals surface area contributed by atoms with Crippen LogP contribution in [0.25, 0.3) is 0 Å². The van der Waals surface area contributed by atoms with Gasteiger partial charge in [-0.05, 0) is 37.9 Å². The standard InChI is InChI=1S/C22H30N4O4/c1-5-9-17(19(7-3)26-30)15-23-21(12-14-27)20(11-13-25-29)24-16-18(10-6-2)22(28)8-4/h5-10,15-16,20-21,27-28H,1-2,11-14H2,3-4H3/b17-9-,18-10-,19-7+,22-8+,23-15?,24-16?. The highest BCUT2D eigenvalue weighted by Crippen LogP contribution is 2.16. The van der Waals surface area contributed by atoms with Crippen molar-refractivity contribution in [1.82, 2.24) is 0 Å². The van der Waals surface area contributed by atoms with E-state index >= 15 is 0 Å². The Labute approximate surface area is 177 Å². The number of aliphatic imine (C=N–C) groups is 2. The highest BCUT2D eigenvalue weighted by molar-refractivity contribution is 5.85. The van der Waals surface area contributed by atoms with Gasteiger partial charge in [-0.2, -0.15) is 4.91 Å². The van der Waals surface area contributed by atoms with Crippen LogP contribution in [-0.4, -0.2) is 47.9 Å². The average Bonchev–Trinajstić information content (AvgIpc) is 2.76. The lowest BCUT2D eigenvalue weighted by atomic mass is 10.0. The molecule has 2 unspecified atom stereocenters. The van der Waals surface area contributed by atoms with E-state index in [1.165, 1.54) is 30.7 Å². The summed E-state index contributed by atoms with van der Waals surface area (Å²) in [7, 11) is 0. The number of nitrogens with zero attached hydrogens (tertiary/aromatic N) is 4. The van der Waals surface area contributed by atoms with Crippen LogP contribution >= 0.6 is 0 Å². The number of nitroso groups, excluding NO2 is 2. The summed E-state index contributed by atoms with van der Waals surface area (Å²) in [4.78, 5) is 30.6. The van der Waals surface area contributed by atoms with Crippen molar-refractivity contribution in [2.24, 2.45) is 20.3 Å². The van der Waals surface area contributed by atoms with E-state index in [0.29, 0.717) is 17.6 Å². The number of allylic oxidation sites excluding steroid dienone is 8. The SMILES string of the molecule is C=C/C=C(C=NC(CCN=O)C(CCO)N=CC(=C/C=C)/C(=C\C)N=O)\C(O)=C/C. The molecule has 0 amide bonds. The van der Waals surface area contributed by atoms with E-state index in [0.717, 1.165) is 0 Å². The molecule has 2 atom stereocenters. The number of hydrogen-bond acceptors (Lipinski definition) is 8. The quantitative estimate of drug-likeness (QED) is 0.173. The van der Waals surface area contributed by atoms with Crippen molar-refractivity contribution < 1.29 is 10.2 Å². The molecule has 0 aromatic rings. The summed E-state index contributed by atoms with van der Waals surface area (Å²) < 4.78 is 0. The maximum absolute atomic E-state index is 11.0. The molecular weight excluding hydrogens is 384 g/mol. The molecule has 0 aliphatic rings. The summed E-state index contributed by atoms with van der Waals surface area (Å²) in [5, 5.41) is 25.3. The number of aliphatic hydroxyl groups is 2. The molecule has 8 nitrogen and oxygen atoms in total. The van der Waals surface area contributed by atoms with Gasteiger partial charge in [0, 0.05) is 30.2 Å². The van der Waals surface area contributed by atoms with E-state index in [1.807, 2.05) is 0 Å². The van der Waals surface area contributed by atoms with Crippen molar-refractivity contribution in [3.63, 3.8) is 0 Å². The molecule has 0 radical (unpaired) electrons. The summed E-state index contributed by atoms with van der Waals surface area (Å²) in [5.74, 6) is 0.0270. The summed E-state index contributed by atoms with van der Waals surface area (Å²) in [6.45, 7) is 10.5. The molecule has 162 valence electrons. The van der Waals surface area contributed by atoms with Crippen molar-refractivity contribution in [2.45, 2.75) is 38.8 Å². The molecule has 0 rings (SSSR count). The highest BCUT2D eigenvalue weighted by atomic mass is 16.3. The van der Waals surface area contributed by atoms with Crippen LogP contribution in [-0.2, 0) is 0 Å². The molecule has 0 bridgehead atoms. The molecule has 2 N–H and O–H groups in total. The zero-order valence-electron chi connectivity index (χ0n) is 17.5. The third kappa shape index (κ3) is 9.79. The maximum Gasteiger partial charge on any atom is 0.120 e. The van der Waals surface area contributed by atoms with Gasteiger partial charge in [-0.25, -0.2) is 0 Å². The lowest BCUT2D eigenvalue weighted by Gasteiger charge is -2.19. The van der Waals surface area contributed by atoms with Gasteiger partial charge in [0.05, 0.1) is 18.6 Å². The van der Waals surface area contributed by atoms with Gasteiger partial charge in [0.25, 0.3) is 0 Å². The second-order valence-corrected chi connectivity index (χ2v) is 6.00. The first kappa shape index (κ1) is 26.7. The van der Waals surface area contributed by atoms with Crippen LogP contribution in [0.4, 0.5) is 0 Å². The monoisotopic (exact) mass is 414 g/mol. The maximum atomic E-state index is 11.0. The van der Waals surface area contributed by atoms with Gasteiger partial charge >= 0.3 is 0 Å². The normalized spacial score (nSPS) is 16.0. The van der Waals surface area contributed by atoms with Gasteiger partial charge in [0.1, 0.15) is 11.5 Å². The molecule has 0 saturated heterocycles. The van der Waals surface area contributed by atoms with E-state index in [2.05, 4.69) is 33.5 Å². The van der Waals surface area contributed by atoms with Crippen LogP contribution in [0.3, 0.4) is 0 Å². The predicted molar refractivity (Wildman–Crippen MR) is 124 cm³/mol. The fourth-order valence-electron chi connectivity index (χ4n) is 2.48. The van der Waals surface area contributed by atoms with Gasteiger partial charge in [0.15, 0.2) is 0 Å². The fourth-order valence-corrected chi connectivity index (χ4v) is 2.48. The first-order valence-corrected chi connectivity index (χ1v) is 9.50. The lowest BCUT2D eigenvalue weighted by molar-refractivity contribution is 0.267. The summed E-state index contributed by atoms with van der Waals surface area (Å²) >= 11 is 0. The lowest BCUT2D eigenvalue weighted by Crippen LogP contribution is -2.25. The number of rotatable bonds is 15. The van der Waals surface area contributed by atoms with E-state index in [4.69, 9.17) is 0 Å². The topological polar surface area (TPSA) is 124 Å². The Hall–Kier alpha value is -3.26. The van der Waals surface area contributed by atoms with Gasteiger partial charge in [-0.15, -0.1) is 4.91 Å². The van der Waals surface area contributed by atoms with Crippen molar-refractivity contribution >= 4 is 12.4 Å². The molecular formula is C22H30N4O4. The number of hydrogen-bond donors (Lipinski definition) is 2. The Balaban J connectivity index is 6.01. The second-order valence-electron chi connectivity index (χ2n) is 6.00. The Morgan fingerprint density at radius 3 is 1.97 bits per heavy atom. The number of aliphatic hydroxyl groups excluding tert-OH is 2. The smallest absolute Gasteiger partial charge is 0.120 e. The van der Waals surface area contributed by atoms with Crippen LogP contribution in [0.15, 0.2) is 92.6 Å². The first-order chi connectivity index (χ1) is 14.5. The van der Waals surface area contributed by atoms with Crippen LogP contribution in [0.5, 0.6) is 0 Å². The summed E-state index contributed by atoms with van der Waals surface area (Å²) in [6, 6.07) is -0.990. The van der Waals surface area contributed by atoms with Gasteiger partial charge < -0.3 is 10.2 Å². The Morgan fingerprint density at radius 1 is 0.933 bits per heavy atom. The van der Waals surface area contributed by atoms with Crippen LogP contribution in [0.2, 0.25) is 0 Å². The minimum atomic E-state index is -0.497. The molecule has 30 heavy (non-hydrogen) atoms. The Kier molecular flexibility index (Phi) is 14.9. The molecule has 8 heteroatoms. The van der Waals surface area contributed by atoms with Crippen molar-refractivity contribution in [2.75, 3.05) is 13.2 Å². The van der Waals surface area contributed by atoms with E-state index in [9.17, 15) is 20.0 Å². The molecule has 0 aliphatic carbocycles. The van der Waals surface area contributed by atoms with E-state index in [1.54, 1.807) is 32.1 Å². The van der Waals surface area contributed by atoms with Crippen molar-refractivity contribution in [3.05, 3.63) is 82.0 Å². The summed E-state index contributed by atoms with van der Waals surface area (Å²) in [5.41, 5.74) is 1.10. The largest absolute Gasteiger partial charge is 0.508 e. The van der Waals surface area contributed by atoms with Crippen molar-refractivity contribution in [1.29, 1.82) is 0 Å². The first-order valence-electron chi connectivity index (χ1n) is 9.50. The second kappa shape index (κ2) is 16.7. The zero-order chi connectivity index (χ0) is 22.8. The van der Waals surface area contributed by atoms with Gasteiger partial charge in [-0.1, -0.05) is 48.7 Å². The molecule has 0 saturated carbocycles. The van der Waals surface area contributed by atoms with Gasteiger partial charge in [-0.3, -0.25) is 9.98 Å². The van der Waals surface area contributed by atoms with Gasteiger partial charge in [0.2, 0.25) is 0 Å². The summed E-state index contributed by atoms with van der Waals surface area (Å²) in [6.07, 6.45) is 12.8. The van der Waals surface area contributed by atoms with E-state index < -0.39 is 12.1 Å². The molecule has 0 spiro atoms. The molecule has 0 heterocycles. The molecule has 0 aromatic heterocycles. The minimum absolute atomic E-state index is 0.0148. The third-order valence-electron chi connectivity index (χ3n) is 4.03. The average molecular weight is 415 g/mol. The molecule has 0 aromatic carbocycles. The highest BCUT2D eigenvalue weighted by Gasteiger charge is 2.20.